The number of nitrogens with one attached hydrogen (secondary N) is 4. The van der Waals surface area contributed by atoms with Crippen LogP contribution >= 0.6 is 12.4 Å². The van der Waals surface area contributed by atoms with Crippen molar-refractivity contribution in [3.8, 4) is 0 Å². The maximum absolute atomic E-state index is 13.1. The van der Waals surface area contributed by atoms with Crippen LogP contribution in [0.25, 0.3) is 0 Å². The van der Waals surface area contributed by atoms with E-state index in [2.05, 4.69) is 26.0 Å². The topological polar surface area (TPSA) is 438 Å². The molecule has 109 heavy (non-hydrogen) atoms. The second kappa shape index (κ2) is 50.7. The fourth-order valence-electron chi connectivity index (χ4n) is 10.7. The molecule has 12 atom stereocenters. The summed E-state index contributed by atoms with van der Waals surface area (Å²) in [6, 6.07) is -5.22. The van der Waals surface area contributed by atoms with E-state index in [4.69, 9.17) is 38.6 Å². The monoisotopic (exact) mass is 1590 g/mol. The third-order valence-electron chi connectivity index (χ3n) is 15.4. The Kier molecular flexibility index (Phi) is 57.5. The number of alkyl carbamates (subject to hydrolysis) is 3. The Morgan fingerprint density at radius 3 is 0.954 bits per heavy atom. The average molecular weight is 1590 g/mol. The van der Waals surface area contributed by atoms with E-state index in [9.17, 15) is 67.7 Å². The molecule has 0 aromatic rings. The zero-order valence-electron chi connectivity index (χ0n) is 67.0. The number of aliphatic carboxylic acids is 2. The van der Waals surface area contributed by atoms with E-state index in [1.807, 2.05) is 55.4 Å². The number of hydrogen-bond donors (Lipinski definition) is 8. The number of β-amino-alcohol motifs (C(OH)–C–C–N with tert-alkyl or cyclic N) is 2. The Morgan fingerprint density at radius 1 is 0.422 bits per heavy atom. The molecule has 9 N–H and O–H groups in total. The van der Waals surface area contributed by atoms with Gasteiger partial charge in [0.25, 0.3) is 0 Å². The van der Waals surface area contributed by atoms with Gasteiger partial charge in [-0.05, 0) is 129 Å². The van der Waals surface area contributed by atoms with Gasteiger partial charge in [0.05, 0.1) is 45.9 Å². The van der Waals surface area contributed by atoms with Crippen molar-refractivity contribution in [1.82, 2.24) is 36.0 Å². The number of aliphatic hydroxyl groups is 2. The van der Waals surface area contributed by atoms with Crippen molar-refractivity contribution >= 4 is 84.2 Å². The first-order chi connectivity index (χ1) is 44.9. The summed E-state index contributed by atoms with van der Waals surface area (Å²) in [5.74, 6) is -5.30. The Labute approximate surface area is 672 Å². The van der Waals surface area contributed by atoms with E-state index in [0.717, 1.165) is 0 Å². The number of methoxy groups -OCH3 is 3. The average Bonchev–Trinajstić information content (AvgIpc) is 1.72. The molecule has 4 aliphatic heterocycles. The zero-order valence-corrected chi connectivity index (χ0v) is 67.9. The molecule has 0 radical (unpaired) electrons. The number of likely N-dealkylation sites (tertiary alicyclic amines) is 3. The zero-order chi connectivity index (χ0) is 78.7. The summed E-state index contributed by atoms with van der Waals surface area (Å²) in [5.41, 5.74) is -4.81. The second-order valence-corrected chi connectivity index (χ2v) is 34.2. The van der Waals surface area contributed by atoms with Gasteiger partial charge >= 0.3 is 73.0 Å². The number of ether oxygens (including phenoxy) is 7. The van der Waals surface area contributed by atoms with Gasteiger partial charge in [-0.2, -0.15) is 0 Å². The number of carboxylic acid groups (broad SMARTS) is 2. The van der Waals surface area contributed by atoms with Crippen molar-refractivity contribution in [2.24, 2.45) is 39.4 Å². The van der Waals surface area contributed by atoms with E-state index in [1.165, 1.54) is 36.0 Å². The largest absolute Gasteiger partial charge is 1.00 e. The van der Waals surface area contributed by atoms with Crippen molar-refractivity contribution in [2.75, 3.05) is 47.5 Å². The minimum Gasteiger partial charge on any atom is -0.870 e. The van der Waals surface area contributed by atoms with Crippen molar-refractivity contribution < 1.29 is 135 Å². The van der Waals surface area contributed by atoms with Crippen LogP contribution in [-0.4, -0.2) is 237 Å². The van der Waals surface area contributed by atoms with Gasteiger partial charge in [-0.3, -0.25) is 28.8 Å². The summed E-state index contributed by atoms with van der Waals surface area (Å²) < 4.78 is 34.9. The molecule has 0 aliphatic carbocycles. The van der Waals surface area contributed by atoms with Crippen LogP contribution in [0.5, 0.6) is 0 Å². The molecule has 31 nitrogen and oxygen atoms in total. The van der Waals surface area contributed by atoms with Crippen LogP contribution in [0.15, 0.2) is 0 Å². The summed E-state index contributed by atoms with van der Waals surface area (Å²) in [5, 5.41) is 48.0. The molecule has 0 aromatic carbocycles. The first kappa shape index (κ1) is 124. The molecule has 6 amide bonds. The minimum atomic E-state index is -1.02. The maximum Gasteiger partial charge on any atom is 1.00 e. The van der Waals surface area contributed by atoms with Crippen LogP contribution in [0.2, 0.25) is 0 Å². The smallest absolute Gasteiger partial charge is 0.870 e. The van der Waals surface area contributed by atoms with E-state index in [-0.39, 0.29) is 136 Å². The Hall–Kier alpha value is -6.23. The number of hydrogen-bond acceptors (Lipinski definition) is 23. The number of carbonyl (C=O) groups excluding carboxylic acids is 10. The standard InChI is InChI=1S/C18H32N2O5.C17H30N2O6.C17H30N2O5.C12H22O4.C6H11NO3.6CH4.ClH.Li.H2O/c1-11-9-12(15(22)24-8)20(10-11)14(21)13(17(2,3)4)19-16(23)25-18(5,6)7;1-16(2,3)12(18-15(23)25-17(4,5)6)13(21)19-9-10(20)8-11(19)14(22)24-7;1-10-8-11(14(21)22)19(9-10)13(20)12(16(2,3)4)18-15(23)24-17(5,6)7;1-11(2,3)8(10(14)15)7-9(13)16-12(4,5)6;1-10-6(9)5-2-4(8)3-7-5;;;;;;;;;/h11-13H,9-10H2,1-8H3,(H,19,23);10-12,20H,8-9H2,1-7H3,(H,18,23);10-12H,8-9H2,1-7H3,(H,18,23)(H,21,22);8H,7H2,1-6H3,(H,14,15);4-5,7-8H,2-3H2,1H3;6*1H4;1H;;1H2/q;;;;;;;;;;;;+1;/p-1/t11-,12+,13-;2*10-,11+,12-;;4-,5+;;;;;;;;;/m111.1........./s1. The minimum absolute atomic E-state index is 0. The predicted molar refractivity (Wildman–Crippen MR) is 419 cm³/mol. The number of nitrogens with zero attached hydrogens (tertiary/aromatic N) is 3. The maximum atomic E-state index is 13.1. The van der Waals surface area contributed by atoms with Crippen LogP contribution in [0, 0.1) is 39.4 Å². The molecule has 0 aromatic heterocycles. The van der Waals surface area contributed by atoms with Gasteiger partial charge < -0.3 is 95.0 Å². The molecule has 33 heteroatoms. The number of carboxylic acids is 2. The molecule has 4 heterocycles. The van der Waals surface area contributed by atoms with Crippen molar-refractivity contribution in [2.45, 2.75) is 334 Å². The summed E-state index contributed by atoms with van der Waals surface area (Å²) in [7, 11) is 3.89. The van der Waals surface area contributed by atoms with Crippen LogP contribution in [0.4, 0.5) is 14.4 Å². The second-order valence-electron chi connectivity index (χ2n) is 34.2. The van der Waals surface area contributed by atoms with Crippen LogP contribution in [-0.2, 0) is 76.3 Å². The Bertz CT molecular complexity index is 2700. The molecule has 642 valence electrons. The number of aliphatic hydroxyl groups excluding tert-OH is 2. The molecule has 1 unspecified atom stereocenters. The quantitative estimate of drug-likeness (QED) is 0.0491. The third kappa shape index (κ3) is 45.8. The van der Waals surface area contributed by atoms with E-state index in [1.54, 1.807) is 125 Å². The number of rotatable bonds is 13. The van der Waals surface area contributed by atoms with Gasteiger partial charge in [0.2, 0.25) is 17.7 Å². The Balaban J connectivity index is -0.000000141. The van der Waals surface area contributed by atoms with E-state index in [0.29, 0.717) is 38.9 Å². The van der Waals surface area contributed by atoms with Crippen molar-refractivity contribution in [3.63, 3.8) is 0 Å². The van der Waals surface area contributed by atoms with Crippen LogP contribution < -0.4 is 40.1 Å². The van der Waals surface area contributed by atoms with Gasteiger partial charge in [0.1, 0.15) is 64.7 Å². The van der Waals surface area contributed by atoms with Gasteiger partial charge in [-0.15, -0.1) is 12.4 Å². The van der Waals surface area contributed by atoms with E-state index < -0.39 is 152 Å². The first-order valence-electron chi connectivity index (χ1n) is 33.8. The summed E-state index contributed by atoms with van der Waals surface area (Å²) in [6.45, 7) is 48.0. The first-order valence-corrected chi connectivity index (χ1v) is 33.8. The number of esters is 4. The third-order valence-corrected chi connectivity index (χ3v) is 15.4. The van der Waals surface area contributed by atoms with E-state index >= 15 is 0 Å². The predicted octanol–water partition coefficient (Wildman–Crippen LogP) is 8.06. The molecule has 4 fully saturated rings. The number of amides is 6. The number of halogens is 1. The fraction of sp³-hybridized carbons (Fsp3) is 0.842. The molecule has 4 rings (SSSR count). The summed E-state index contributed by atoms with van der Waals surface area (Å²) in [6.07, 6.45) is -1.79. The molecule has 0 saturated carbocycles. The summed E-state index contributed by atoms with van der Waals surface area (Å²) >= 11 is 0. The van der Waals surface area contributed by atoms with Crippen molar-refractivity contribution in [1.29, 1.82) is 0 Å². The van der Waals surface area contributed by atoms with Gasteiger partial charge in [0.15, 0.2) is 0 Å². The molecule has 0 bridgehead atoms. The van der Waals surface area contributed by atoms with Gasteiger partial charge in [0, 0.05) is 39.0 Å². The fourth-order valence-corrected chi connectivity index (χ4v) is 10.7. The van der Waals surface area contributed by atoms with Gasteiger partial charge in [-0.25, -0.2) is 28.8 Å². The SMILES string of the molecule is C.C.C.C.C.C.CC(C)(C)OC(=O)CC(C(=O)O)C(C)(C)C.COC(=O)[C@@H]1C[C@@H](C)CN1C(=O)[C@@H](NC(=O)OC(C)(C)C)C(C)(C)C.COC(=O)[C@@H]1C[C@@H](O)CN1.COC(=O)[C@@H]1C[C@@H](O)CN1C(=O)[C@@H](NC(=O)OC(C)(C)C)C(C)(C)C.C[C@@H]1C[C@@H](C(=O)O)N(C(=O)[C@@H](NC(=O)OC(C)(C)C)C(C)(C)C)C1.Cl.[Li+].[OH-]. The molecule has 0 spiro atoms. The van der Waals surface area contributed by atoms with Crippen LogP contribution in [0.1, 0.15) is 257 Å². The van der Waals surface area contributed by atoms with Crippen LogP contribution in [0.3, 0.4) is 0 Å². The summed E-state index contributed by atoms with van der Waals surface area (Å²) in [4.78, 5) is 148. The van der Waals surface area contributed by atoms with Gasteiger partial charge in [-0.1, -0.05) is 141 Å². The van der Waals surface area contributed by atoms with Crippen molar-refractivity contribution in [3.05, 3.63) is 0 Å². The Morgan fingerprint density at radius 2 is 0.706 bits per heavy atom. The molecule has 4 aliphatic rings. The molecular formula is C76H151ClLiN7O24. The normalized spacial score (nSPS) is 20.3. The molecular weight excluding hydrogens is 1440 g/mol. The number of carbonyl (C=O) groups is 12. The molecule has 4 saturated heterocycles.